The Morgan fingerprint density at radius 1 is 1.06 bits per heavy atom. The molecule has 2 aliphatic heterocycles. The van der Waals surface area contributed by atoms with Gasteiger partial charge in [0.1, 0.15) is 18.1 Å². The second-order valence-electron chi connectivity index (χ2n) is 7.95. The van der Waals surface area contributed by atoms with Crippen molar-refractivity contribution in [3.8, 4) is 11.6 Å². The Labute approximate surface area is 193 Å². The highest BCUT2D eigenvalue weighted by atomic mass is 16.5. The number of amides is 1. The van der Waals surface area contributed by atoms with Crippen LogP contribution in [0.25, 0.3) is 0 Å². The molecular formula is C23H31N5O5. The Hall–Kier alpha value is -2.95. The van der Waals surface area contributed by atoms with Gasteiger partial charge in [0.25, 0.3) is 5.91 Å². The van der Waals surface area contributed by atoms with Crippen LogP contribution in [-0.4, -0.2) is 93.6 Å². The molecule has 0 saturated carbocycles. The van der Waals surface area contributed by atoms with E-state index in [1.54, 1.807) is 13.2 Å². The molecule has 10 nitrogen and oxygen atoms in total. The Morgan fingerprint density at radius 2 is 1.79 bits per heavy atom. The van der Waals surface area contributed by atoms with Crippen LogP contribution in [0.15, 0.2) is 24.3 Å². The van der Waals surface area contributed by atoms with E-state index in [-0.39, 0.29) is 11.6 Å². The molecule has 178 valence electrons. The number of aromatic nitrogens is 2. The molecule has 10 heteroatoms. The quantitative estimate of drug-likeness (QED) is 0.634. The van der Waals surface area contributed by atoms with Gasteiger partial charge < -0.3 is 29.2 Å². The van der Waals surface area contributed by atoms with E-state index in [2.05, 4.69) is 20.2 Å². The molecular weight excluding hydrogens is 426 g/mol. The first-order chi connectivity index (χ1) is 16.1. The van der Waals surface area contributed by atoms with Crippen molar-refractivity contribution in [1.82, 2.24) is 14.9 Å². The molecule has 4 rings (SSSR count). The third kappa shape index (κ3) is 6.31. The highest BCUT2D eigenvalue weighted by Gasteiger charge is 2.20. The van der Waals surface area contributed by atoms with Crippen LogP contribution in [-0.2, 0) is 9.47 Å². The van der Waals surface area contributed by atoms with Crippen LogP contribution in [0, 0.1) is 6.92 Å². The van der Waals surface area contributed by atoms with Gasteiger partial charge in [0.15, 0.2) is 0 Å². The predicted molar refractivity (Wildman–Crippen MR) is 124 cm³/mol. The van der Waals surface area contributed by atoms with Gasteiger partial charge in [-0.15, -0.1) is 0 Å². The molecule has 1 aromatic heterocycles. The molecule has 0 aliphatic carbocycles. The van der Waals surface area contributed by atoms with Crippen molar-refractivity contribution in [2.75, 3.05) is 83.1 Å². The van der Waals surface area contributed by atoms with E-state index in [1.807, 2.05) is 30.0 Å². The van der Waals surface area contributed by atoms with Crippen LogP contribution in [0.4, 0.5) is 11.6 Å². The number of ether oxygens (including phenoxy) is 4. The summed E-state index contributed by atoms with van der Waals surface area (Å²) in [5, 5.41) is 2.91. The molecule has 0 radical (unpaired) electrons. The zero-order valence-corrected chi connectivity index (χ0v) is 19.2. The summed E-state index contributed by atoms with van der Waals surface area (Å²) < 4.78 is 22.2. The van der Waals surface area contributed by atoms with Gasteiger partial charge in [0.2, 0.25) is 11.8 Å². The zero-order chi connectivity index (χ0) is 23.0. The number of hydrogen-bond donors (Lipinski definition) is 1. The minimum Gasteiger partial charge on any atom is -0.495 e. The van der Waals surface area contributed by atoms with Crippen LogP contribution in [0.5, 0.6) is 11.6 Å². The number of hydrogen-bond acceptors (Lipinski definition) is 9. The maximum absolute atomic E-state index is 13.1. The monoisotopic (exact) mass is 457 g/mol. The fourth-order valence-corrected chi connectivity index (χ4v) is 3.72. The van der Waals surface area contributed by atoms with Gasteiger partial charge >= 0.3 is 0 Å². The van der Waals surface area contributed by atoms with E-state index in [1.165, 1.54) is 0 Å². The summed E-state index contributed by atoms with van der Waals surface area (Å²) in [5.41, 5.74) is 1.83. The van der Waals surface area contributed by atoms with E-state index >= 15 is 0 Å². The highest BCUT2D eigenvalue weighted by molar-refractivity contribution is 6.04. The van der Waals surface area contributed by atoms with Gasteiger partial charge in [-0.05, 0) is 24.6 Å². The number of methoxy groups -OCH3 is 1. The van der Waals surface area contributed by atoms with Crippen molar-refractivity contribution in [3.63, 3.8) is 0 Å². The van der Waals surface area contributed by atoms with E-state index in [9.17, 15) is 4.79 Å². The van der Waals surface area contributed by atoms with Crippen molar-refractivity contribution in [3.05, 3.63) is 35.5 Å². The van der Waals surface area contributed by atoms with Gasteiger partial charge in [-0.1, -0.05) is 6.07 Å². The number of benzene rings is 1. The minimum atomic E-state index is -0.353. The summed E-state index contributed by atoms with van der Waals surface area (Å²) in [7, 11) is 1.57. The Bertz CT molecular complexity index is 945. The fraction of sp³-hybridized carbons (Fsp3) is 0.522. The molecule has 33 heavy (non-hydrogen) atoms. The average Bonchev–Trinajstić information content (AvgIpc) is 2.85. The number of morpholine rings is 2. The Kier molecular flexibility index (Phi) is 7.92. The van der Waals surface area contributed by atoms with Gasteiger partial charge in [-0.2, -0.15) is 4.98 Å². The summed E-state index contributed by atoms with van der Waals surface area (Å²) >= 11 is 0. The van der Waals surface area contributed by atoms with E-state index in [0.717, 1.165) is 38.4 Å². The molecule has 0 bridgehead atoms. The first-order valence-electron chi connectivity index (χ1n) is 11.2. The van der Waals surface area contributed by atoms with Crippen molar-refractivity contribution < 1.29 is 23.7 Å². The highest BCUT2D eigenvalue weighted by Crippen LogP contribution is 2.26. The minimum absolute atomic E-state index is 0.233. The van der Waals surface area contributed by atoms with Crippen LogP contribution >= 0.6 is 0 Å². The molecule has 1 aromatic carbocycles. The number of carbonyl (C=O) groups is 1. The molecule has 3 heterocycles. The van der Waals surface area contributed by atoms with Gasteiger partial charge in [0, 0.05) is 38.8 Å². The summed E-state index contributed by atoms with van der Waals surface area (Å²) in [4.78, 5) is 26.5. The van der Waals surface area contributed by atoms with Gasteiger partial charge in [-0.25, -0.2) is 4.98 Å². The summed E-state index contributed by atoms with van der Waals surface area (Å²) in [6.45, 7) is 8.93. The number of rotatable bonds is 8. The molecule has 2 saturated heterocycles. The summed E-state index contributed by atoms with van der Waals surface area (Å²) in [6.07, 6.45) is 0. The van der Waals surface area contributed by atoms with Gasteiger partial charge in [-0.3, -0.25) is 9.69 Å². The lowest BCUT2D eigenvalue weighted by molar-refractivity contribution is 0.0320. The lowest BCUT2D eigenvalue weighted by Crippen LogP contribution is -2.39. The third-order valence-corrected chi connectivity index (χ3v) is 5.58. The van der Waals surface area contributed by atoms with Crippen LogP contribution in [0.2, 0.25) is 0 Å². The van der Waals surface area contributed by atoms with Crippen LogP contribution in [0.1, 0.15) is 16.1 Å². The molecule has 0 unspecified atom stereocenters. The number of aryl methyl sites for hydroxylation is 1. The molecule has 0 atom stereocenters. The lowest BCUT2D eigenvalue weighted by Gasteiger charge is -2.27. The second kappa shape index (κ2) is 11.3. The molecule has 2 fully saturated rings. The first-order valence-corrected chi connectivity index (χ1v) is 11.2. The maximum Gasteiger partial charge on any atom is 0.274 e. The van der Waals surface area contributed by atoms with E-state index in [4.69, 9.17) is 18.9 Å². The standard InChI is InChI=1S/C23H31N5O5/c1-17-3-4-20(30-2)18(15-17)24-22(29)19-16-21(33-14-7-27-5-10-31-11-6-27)26-23(25-19)28-8-12-32-13-9-28/h3-4,15-16H,5-14H2,1-2H3,(H,24,29). The molecule has 1 N–H and O–H groups in total. The molecule has 1 amide bonds. The SMILES string of the molecule is COc1ccc(C)cc1NC(=O)c1cc(OCCN2CCOCC2)nc(N2CCOCC2)n1. The number of nitrogens with zero attached hydrogens (tertiary/aromatic N) is 4. The zero-order valence-electron chi connectivity index (χ0n) is 19.2. The second-order valence-corrected chi connectivity index (χ2v) is 7.95. The number of nitrogens with one attached hydrogen (secondary N) is 1. The van der Waals surface area contributed by atoms with Crippen molar-refractivity contribution in [1.29, 1.82) is 0 Å². The summed E-state index contributed by atoms with van der Waals surface area (Å²) in [5.74, 6) is 1.07. The van der Waals surface area contributed by atoms with E-state index in [0.29, 0.717) is 56.2 Å². The lowest BCUT2D eigenvalue weighted by atomic mass is 10.2. The average molecular weight is 458 g/mol. The Balaban J connectivity index is 1.51. The van der Waals surface area contributed by atoms with Gasteiger partial charge in [0.05, 0.1) is 39.2 Å². The Morgan fingerprint density at radius 3 is 2.52 bits per heavy atom. The van der Waals surface area contributed by atoms with E-state index < -0.39 is 0 Å². The first kappa shape index (κ1) is 23.2. The predicted octanol–water partition coefficient (Wildman–Crippen LogP) is 1.59. The van der Waals surface area contributed by atoms with Crippen molar-refractivity contribution in [2.24, 2.45) is 0 Å². The molecule has 2 aromatic rings. The molecule has 0 spiro atoms. The number of anilines is 2. The topological polar surface area (TPSA) is 98.3 Å². The third-order valence-electron chi connectivity index (χ3n) is 5.58. The summed E-state index contributed by atoms with van der Waals surface area (Å²) in [6, 6.07) is 7.20. The fourth-order valence-electron chi connectivity index (χ4n) is 3.72. The van der Waals surface area contributed by atoms with Crippen LogP contribution in [0.3, 0.4) is 0 Å². The largest absolute Gasteiger partial charge is 0.495 e. The number of carbonyl (C=O) groups excluding carboxylic acids is 1. The molecule has 2 aliphatic rings. The van der Waals surface area contributed by atoms with Crippen LogP contribution < -0.4 is 19.7 Å². The van der Waals surface area contributed by atoms with Crippen molar-refractivity contribution in [2.45, 2.75) is 6.92 Å². The normalized spacial score (nSPS) is 17.0. The maximum atomic E-state index is 13.1. The smallest absolute Gasteiger partial charge is 0.274 e. The van der Waals surface area contributed by atoms with Crippen molar-refractivity contribution >= 4 is 17.5 Å².